The van der Waals surface area contributed by atoms with Gasteiger partial charge >= 0.3 is 12.3 Å². The van der Waals surface area contributed by atoms with Gasteiger partial charge in [0, 0.05) is 23.5 Å². The van der Waals surface area contributed by atoms with Gasteiger partial charge in [-0.25, -0.2) is 4.79 Å². The minimum absolute atomic E-state index is 0.273. The number of carboxylic acids is 1. The molecule has 0 atom stereocenters. The summed E-state index contributed by atoms with van der Waals surface area (Å²) in [7, 11) is 0. The molecule has 0 aliphatic carbocycles. The van der Waals surface area contributed by atoms with Gasteiger partial charge in [0.2, 0.25) is 0 Å². The summed E-state index contributed by atoms with van der Waals surface area (Å²) in [6.07, 6.45) is -3.06. The first-order valence-corrected chi connectivity index (χ1v) is 10.1. The predicted molar refractivity (Wildman–Crippen MR) is 101 cm³/mol. The van der Waals surface area contributed by atoms with Crippen LogP contribution >= 0.6 is 11.3 Å². The first-order valence-electron chi connectivity index (χ1n) is 9.32. The molecule has 160 valence electrons. The third kappa shape index (κ3) is 4.01. The number of likely N-dealkylation sites (tertiary alicyclic amines) is 1. The van der Waals surface area contributed by atoms with Crippen LogP contribution < -0.4 is 4.74 Å². The molecule has 1 aromatic carbocycles. The van der Waals surface area contributed by atoms with Gasteiger partial charge in [-0.1, -0.05) is 0 Å². The number of thiophene rings is 1. The Kier molecular flexibility index (Phi) is 5.23. The van der Waals surface area contributed by atoms with Crippen LogP contribution in [0.4, 0.5) is 13.2 Å². The van der Waals surface area contributed by atoms with Gasteiger partial charge in [0.15, 0.2) is 0 Å². The molecule has 1 N–H and O–H groups in total. The molecule has 1 fully saturated rings. The molecule has 0 bridgehead atoms. The number of carboxylic acid groups (broad SMARTS) is 1. The second kappa shape index (κ2) is 7.59. The quantitative estimate of drug-likeness (QED) is 0.778. The zero-order chi connectivity index (χ0) is 21.5. The summed E-state index contributed by atoms with van der Waals surface area (Å²) in [5.41, 5.74) is 0.673. The van der Waals surface area contributed by atoms with Gasteiger partial charge in [-0.2, -0.15) is 0 Å². The average Bonchev–Trinajstić information content (AvgIpc) is 3.14. The van der Waals surface area contributed by atoms with Gasteiger partial charge in [0.05, 0.1) is 6.61 Å². The van der Waals surface area contributed by atoms with Crippen LogP contribution in [-0.4, -0.2) is 47.9 Å². The lowest BCUT2D eigenvalue weighted by molar-refractivity contribution is -0.274. The Labute approximate surface area is 173 Å². The summed E-state index contributed by atoms with van der Waals surface area (Å²) < 4.78 is 46.7. The van der Waals surface area contributed by atoms with Crippen LogP contribution in [0.3, 0.4) is 0 Å². The van der Waals surface area contributed by atoms with Crippen molar-refractivity contribution in [3.05, 3.63) is 51.2 Å². The molecule has 0 unspecified atom stereocenters. The minimum Gasteiger partial charge on any atom is -0.477 e. The molecule has 6 nitrogen and oxygen atoms in total. The summed E-state index contributed by atoms with van der Waals surface area (Å²) in [6, 6.07) is 6.54. The maximum atomic E-state index is 12.8. The summed E-state index contributed by atoms with van der Waals surface area (Å²) in [5, 5.41) is 9.29. The molecule has 4 rings (SSSR count). The smallest absolute Gasteiger partial charge is 0.477 e. The van der Waals surface area contributed by atoms with Crippen molar-refractivity contribution in [2.75, 3.05) is 19.7 Å². The average molecular weight is 441 g/mol. The van der Waals surface area contributed by atoms with E-state index in [-0.39, 0.29) is 22.1 Å². The Balaban J connectivity index is 1.45. The van der Waals surface area contributed by atoms with Crippen molar-refractivity contribution in [2.45, 2.75) is 31.2 Å². The Morgan fingerprint density at radius 2 is 1.83 bits per heavy atom. The molecule has 2 aliphatic heterocycles. The summed E-state index contributed by atoms with van der Waals surface area (Å²) in [5.74, 6) is -1.63. The van der Waals surface area contributed by atoms with E-state index < -0.39 is 17.9 Å². The molecule has 1 saturated heterocycles. The lowest BCUT2D eigenvalue weighted by Gasteiger charge is -2.43. The van der Waals surface area contributed by atoms with Crippen molar-refractivity contribution in [2.24, 2.45) is 0 Å². The van der Waals surface area contributed by atoms with Crippen molar-refractivity contribution in [1.82, 2.24) is 4.90 Å². The van der Waals surface area contributed by atoms with Crippen LogP contribution in [0.25, 0.3) is 0 Å². The highest BCUT2D eigenvalue weighted by atomic mass is 32.1. The van der Waals surface area contributed by atoms with Crippen molar-refractivity contribution < 1.29 is 37.3 Å². The van der Waals surface area contributed by atoms with E-state index in [2.05, 4.69) is 4.74 Å². The van der Waals surface area contributed by atoms with Crippen LogP contribution in [0, 0.1) is 0 Å². The van der Waals surface area contributed by atoms with E-state index in [1.54, 1.807) is 11.0 Å². The first kappa shape index (κ1) is 20.7. The summed E-state index contributed by atoms with van der Waals surface area (Å²) in [4.78, 5) is 26.9. The number of aromatic carboxylic acids is 1. The minimum atomic E-state index is -4.78. The van der Waals surface area contributed by atoms with Crippen LogP contribution in [0.5, 0.6) is 5.75 Å². The van der Waals surface area contributed by atoms with Gasteiger partial charge in [0.25, 0.3) is 5.91 Å². The molecule has 0 saturated carbocycles. The second-order valence-corrected chi connectivity index (χ2v) is 8.28. The molecule has 2 aliphatic rings. The van der Waals surface area contributed by atoms with E-state index in [0.29, 0.717) is 39.0 Å². The number of carbonyl (C=O) groups excluding carboxylic acids is 1. The van der Waals surface area contributed by atoms with Gasteiger partial charge < -0.3 is 19.5 Å². The number of alkyl halides is 3. The number of nitrogens with zero attached hydrogens (tertiary/aromatic N) is 1. The van der Waals surface area contributed by atoms with Crippen LogP contribution in [0.2, 0.25) is 0 Å². The van der Waals surface area contributed by atoms with Crippen molar-refractivity contribution in [1.29, 1.82) is 0 Å². The lowest BCUT2D eigenvalue weighted by atomic mass is 9.85. The molecular weight excluding hydrogens is 423 g/mol. The van der Waals surface area contributed by atoms with E-state index in [1.165, 1.54) is 23.5 Å². The van der Waals surface area contributed by atoms with Crippen LogP contribution in [-0.2, 0) is 16.8 Å². The van der Waals surface area contributed by atoms with E-state index in [0.717, 1.165) is 22.6 Å². The molecule has 10 heteroatoms. The summed E-state index contributed by atoms with van der Waals surface area (Å²) >= 11 is 1.23. The van der Waals surface area contributed by atoms with E-state index in [9.17, 15) is 27.9 Å². The highest BCUT2D eigenvalue weighted by molar-refractivity contribution is 7.14. The maximum absolute atomic E-state index is 12.8. The second-order valence-electron chi connectivity index (χ2n) is 7.23. The molecule has 1 spiro atoms. The number of ether oxygens (including phenoxy) is 2. The van der Waals surface area contributed by atoms with Gasteiger partial charge in [-0.15, -0.1) is 24.5 Å². The largest absolute Gasteiger partial charge is 0.573 e. The molecule has 0 radical (unpaired) electrons. The third-order valence-electron chi connectivity index (χ3n) is 5.38. The van der Waals surface area contributed by atoms with Crippen molar-refractivity contribution in [3.63, 3.8) is 0 Å². The fraction of sp³-hybridized carbons (Fsp3) is 0.400. The fourth-order valence-corrected chi connectivity index (χ4v) is 5.20. The van der Waals surface area contributed by atoms with Crippen LogP contribution in [0.1, 0.15) is 43.3 Å². The van der Waals surface area contributed by atoms with Crippen LogP contribution in [0.15, 0.2) is 30.3 Å². The first-order chi connectivity index (χ1) is 14.2. The Morgan fingerprint density at radius 1 is 1.17 bits per heavy atom. The van der Waals surface area contributed by atoms with Crippen molar-refractivity contribution in [3.8, 4) is 5.75 Å². The molecule has 3 heterocycles. The Hall–Kier alpha value is -2.59. The number of hydrogen-bond donors (Lipinski definition) is 1. The number of carbonyl (C=O) groups is 2. The van der Waals surface area contributed by atoms with E-state index >= 15 is 0 Å². The number of amides is 1. The third-order valence-corrected chi connectivity index (χ3v) is 6.73. The maximum Gasteiger partial charge on any atom is 0.573 e. The number of rotatable bonds is 3. The van der Waals surface area contributed by atoms with Gasteiger partial charge in [-0.3, -0.25) is 4.79 Å². The molecule has 30 heavy (non-hydrogen) atoms. The molecule has 2 aromatic rings. The lowest BCUT2D eigenvalue weighted by Crippen LogP contribution is -2.47. The number of halogens is 3. The van der Waals surface area contributed by atoms with Crippen molar-refractivity contribution >= 4 is 23.2 Å². The van der Waals surface area contributed by atoms with Gasteiger partial charge in [-0.05, 0) is 55.2 Å². The highest BCUT2D eigenvalue weighted by Gasteiger charge is 2.43. The fourth-order valence-electron chi connectivity index (χ4n) is 3.95. The van der Waals surface area contributed by atoms with E-state index in [4.69, 9.17) is 4.74 Å². The van der Waals surface area contributed by atoms with Gasteiger partial charge in [0.1, 0.15) is 16.2 Å². The number of hydrogen-bond acceptors (Lipinski definition) is 5. The zero-order valence-electron chi connectivity index (χ0n) is 15.7. The number of benzene rings is 1. The number of fused-ring (bicyclic) bond motifs is 2. The Bertz CT molecular complexity index is 962. The molecule has 1 amide bonds. The van der Waals surface area contributed by atoms with E-state index in [1.807, 2.05) is 0 Å². The summed E-state index contributed by atoms with van der Waals surface area (Å²) in [6.45, 7) is 1.30. The molecule has 1 aromatic heterocycles. The highest BCUT2D eigenvalue weighted by Crippen LogP contribution is 2.45. The monoisotopic (exact) mass is 441 g/mol. The SMILES string of the molecule is O=C(O)c1cc2c(s1)C1(CCN(C(=O)c3ccc(OC(F)(F)F)cc3)CC1)OCC2. The topological polar surface area (TPSA) is 76.1 Å². The Morgan fingerprint density at radius 3 is 2.43 bits per heavy atom. The molecular formula is C20H18F3NO5S. The standard InChI is InChI=1S/C20H18F3NO5S/c21-20(22,23)29-14-3-1-12(2-4-14)17(25)24-8-6-19(7-9-24)16-13(5-10-28-19)11-15(30-16)18(26)27/h1-4,11H,5-10H2,(H,26,27). The normalized spacial score (nSPS) is 18.2. The number of piperidine rings is 1. The predicted octanol–water partition coefficient (Wildman–Crippen LogP) is 4.05. The zero-order valence-corrected chi connectivity index (χ0v) is 16.5.